The predicted octanol–water partition coefficient (Wildman–Crippen LogP) is 4.10. The Morgan fingerprint density at radius 3 is 2.30 bits per heavy atom. The molecule has 0 unspecified atom stereocenters. The fourth-order valence-corrected chi connectivity index (χ4v) is 2.10. The molecule has 0 fully saturated rings. The van der Waals surface area contributed by atoms with Gasteiger partial charge in [-0.25, -0.2) is 4.79 Å². The van der Waals surface area contributed by atoms with Gasteiger partial charge in [0.15, 0.2) is 0 Å². The van der Waals surface area contributed by atoms with Gasteiger partial charge in [-0.15, -0.1) is 0 Å². The Kier molecular flexibility index (Phi) is 5.84. The van der Waals surface area contributed by atoms with Crippen LogP contribution in [0.2, 0.25) is 10.0 Å². The normalized spacial score (nSPS) is 10.0. The number of rotatable bonds is 4. The van der Waals surface area contributed by atoms with Crippen LogP contribution < -0.4 is 10.6 Å². The summed E-state index contributed by atoms with van der Waals surface area (Å²) in [5, 5.41) is 6.11. The van der Waals surface area contributed by atoms with E-state index in [4.69, 9.17) is 23.2 Å². The number of para-hydroxylation sites is 1. The molecule has 0 radical (unpaired) electrons. The zero-order valence-electron chi connectivity index (χ0n) is 12.3. The summed E-state index contributed by atoms with van der Waals surface area (Å²) in [6.07, 6.45) is 0. The number of carbonyl (C=O) groups is 2. The number of likely N-dealkylation sites (N-methyl/N-ethyl adjacent to an activating group) is 1. The van der Waals surface area contributed by atoms with Gasteiger partial charge in [0.05, 0.1) is 10.0 Å². The molecule has 0 aliphatic carbocycles. The molecule has 0 atom stereocenters. The molecule has 2 N–H and O–H groups in total. The fourth-order valence-electron chi connectivity index (χ4n) is 1.80. The van der Waals surface area contributed by atoms with E-state index in [-0.39, 0.29) is 18.5 Å². The van der Waals surface area contributed by atoms with Gasteiger partial charge in [-0.1, -0.05) is 41.4 Å². The molecule has 23 heavy (non-hydrogen) atoms. The van der Waals surface area contributed by atoms with Crippen molar-refractivity contribution in [2.24, 2.45) is 0 Å². The second kappa shape index (κ2) is 7.85. The highest BCUT2D eigenvalue weighted by molar-refractivity contribution is 6.42. The maximum absolute atomic E-state index is 12.0. The summed E-state index contributed by atoms with van der Waals surface area (Å²) in [6.45, 7) is -0.0983. The summed E-state index contributed by atoms with van der Waals surface area (Å²) in [7, 11) is 1.53. The summed E-state index contributed by atoms with van der Waals surface area (Å²) in [5.74, 6) is -0.339. The first-order valence-corrected chi connectivity index (χ1v) is 7.53. The Bertz CT molecular complexity index is 708. The molecule has 0 saturated carbocycles. The van der Waals surface area contributed by atoms with Crippen LogP contribution in [-0.4, -0.2) is 30.4 Å². The van der Waals surface area contributed by atoms with Crippen LogP contribution in [0, 0.1) is 0 Å². The smallest absolute Gasteiger partial charge is 0.322 e. The van der Waals surface area contributed by atoms with E-state index >= 15 is 0 Å². The molecule has 2 aromatic rings. The number of hydrogen-bond donors (Lipinski definition) is 2. The van der Waals surface area contributed by atoms with Crippen molar-refractivity contribution in [3.05, 3.63) is 58.6 Å². The monoisotopic (exact) mass is 351 g/mol. The van der Waals surface area contributed by atoms with Crippen molar-refractivity contribution in [2.45, 2.75) is 0 Å². The number of amides is 3. The van der Waals surface area contributed by atoms with Crippen LogP contribution in [0.3, 0.4) is 0 Å². The first-order valence-electron chi connectivity index (χ1n) is 6.78. The van der Waals surface area contributed by atoms with Crippen LogP contribution in [0.4, 0.5) is 16.2 Å². The Morgan fingerprint density at radius 2 is 1.65 bits per heavy atom. The molecule has 0 bridgehead atoms. The second-order valence-electron chi connectivity index (χ2n) is 4.83. The number of benzene rings is 2. The molecular weight excluding hydrogens is 337 g/mol. The van der Waals surface area contributed by atoms with Gasteiger partial charge in [0.25, 0.3) is 0 Å². The number of urea groups is 1. The second-order valence-corrected chi connectivity index (χ2v) is 5.64. The molecule has 5 nitrogen and oxygen atoms in total. The molecule has 3 amide bonds. The van der Waals surface area contributed by atoms with E-state index in [2.05, 4.69) is 10.6 Å². The molecule has 0 saturated heterocycles. The largest absolute Gasteiger partial charge is 0.324 e. The fraction of sp³-hybridized carbons (Fsp3) is 0.125. The molecule has 0 aliphatic heterocycles. The lowest BCUT2D eigenvalue weighted by Gasteiger charge is -2.17. The van der Waals surface area contributed by atoms with E-state index < -0.39 is 0 Å². The van der Waals surface area contributed by atoms with Crippen molar-refractivity contribution in [2.75, 3.05) is 24.2 Å². The molecule has 0 aromatic heterocycles. The molecule has 120 valence electrons. The average Bonchev–Trinajstić information content (AvgIpc) is 2.51. The number of nitrogens with zero attached hydrogens (tertiary/aromatic N) is 1. The van der Waals surface area contributed by atoms with Crippen LogP contribution in [0.15, 0.2) is 48.5 Å². The zero-order chi connectivity index (χ0) is 16.8. The number of hydrogen-bond acceptors (Lipinski definition) is 2. The van der Waals surface area contributed by atoms with Crippen LogP contribution in [0.1, 0.15) is 0 Å². The van der Waals surface area contributed by atoms with Gasteiger partial charge < -0.3 is 15.5 Å². The molecule has 0 heterocycles. The maximum Gasteiger partial charge on any atom is 0.322 e. The molecular formula is C16H15Cl2N3O2. The SMILES string of the molecule is CN(CC(=O)Nc1ccc(Cl)c(Cl)c1)C(=O)Nc1ccccc1. The van der Waals surface area contributed by atoms with E-state index in [1.54, 1.807) is 30.3 Å². The lowest BCUT2D eigenvalue weighted by Crippen LogP contribution is -2.37. The highest BCUT2D eigenvalue weighted by Crippen LogP contribution is 2.24. The van der Waals surface area contributed by atoms with Gasteiger partial charge in [-0.3, -0.25) is 4.79 Å². The van der Waals surface area contributed by atoms with Crippen molar-refractivity contribution in [3.8, 4) is 0 Å². The zero-order valence-corrected chi connectivity index (χ0v) is 13.9. The summed E-state index contributed by atoms with van der Waals surface area (Å²) in [5.41, 5.74) is 1.18. The highest BCUT2D eigenvalue weighted by Gasteiger charge is 2.13. The van der Waals surface area contributed by atoms with E-state index in [0.29, 0.717) is 21.4 Å². The third kappa shape index (κ3) is 5.16. The molecule has 2 aromatic carbocycles. The van der Waals surface area contributed by atoms with Crippen molar-refractivity contribution in [1.29, 1.82) is 0 Å². The minimum atomic E-state index is -0.375. The van der Waals surface area contributed by atoms with Crippen LogP contribution in [0.5, 0.6) is 0 Å². The van der Waals surface area contributed by atoms with E-state index in [9.17, 15) is 9.59 Å². The number of carbonyl (C=O) groups excluding carboxylic acids is 2. The van der Waals surface area contributed by atoms with E-state index in [0.717, 1.165) is 0 Å². The first kappa shape index (κ1) is 17.1. The minimum absolute atomic E-state index is 0.0983. The quantitative estimate of drug-likeness (QED) is 0.870. The minimum Gasteiger partial charge on any atom is -0.324 e. The van der Waals surface area contributed by atoms with Gasteiger partial charge in [-0.05, 0) is 30.3 Å². The van der Waals surface area contributed by atoms with Crippen LogP contribution in [0.25, 0.3) is 0 Å². The van der Waals surface area contributed by atoms with Gasteiger partial charge in [0.2, 0.25) is 5.91 Å². The molecule has 7 heteroatoms. The van der Waals surface area contributed by atoms with Crippen LogP contribution in [-0.2, 0) is 4.79 Å². The third-order valence-corrected chi connectivity index (χ3v) is 3.69. The van der Waals surface area contributed by atoms with Gasteiger partial charge in [0, 0.05) is 18.4 Å². The van der Waals surface area contributed by atoms with Crippen molar-refractivity contribution in [1.82, 2.24) is 4.90 Å². The van der Waals surface area contributed by atoms with E-state index in [1.807, 2.05) is 18.2 Å². The Balaban J connectivity index is 1.88. The summed E-state index contributed by atoms with van der Waals surface area (Å²) in [6, 6.07) is 13.4. The van der Waals surface area contributed by atoms with Crippen LogP contribution >= 0.6 is 23.2 Å². The highest BCUT2D eigenvalue weighted by atomic mass is 35.5. The Labute approximate surface area is 144 Å². The predicted molar refractivity (Wildman–Crippen MR) is 93.2 cm³/mol. The summed E-state index contributed by atoms with van der Waals surface area (Å²) >= 11 is 11.7. The maximum atomic E-state index is 12.0. The summed E-state index contributed by atoms with van der Waals surface area (Å²) < 4.78 is 0. The number of halogens is 2. The molecule has 0 spiro atoms. The van der Waals surface area contributed by atoms with Gasteiger partial charge in [-0.2, -0.15) is 0 Å². The van der Waals surface area contributed by atoms with Gasteiger partial charge in [0.1, 0.15) is 6.54 Å². The molecule has 2 rings (SSSR count). The topological polar surface area (TPSA) is 61.4 Å². The van der Waals surface area contributed by atoms with Crippen molar-refractivity contribution >= 4 is 46.5 Å². The van der Waals surface area contributed by atoms with Crippen molar-refractivity contribution < 1.29 is 9.59 Å². The molecule has 0 aliphatic rings. The first-order chi connectivity index (χ1) is 11.0. The standard InChI is InChI=1S/C16H15Cl2N3O2/c1-21(16(23)20-11-5-3-2-4-6-11)10-15(22)19-12-7-8-13(17)14(18)9-12/h2-9H,10H2,1H3,(H,19,22)(H,20,23). The third-order valence-electron chi connectivity index (χ3n) is 2.96. The lowest BCUT2D eigenvalue weighted by molar-refractivity contribution is -0.116. The van der Waals surface area contributed by atoms with Crippen molar-refractivity contribution in [3.63, 3.8) is 0 Å². The summed E-state index contributed by atoms with van der Waals surface area (Å²) in [4.78, 5) is 25.2. The Hall–Kier alpha value is -2.24. The van der Waals surface area contributed by atoms with E-state index in [1.165, 1.54) is 11.9 Å². The Morgan fingerprint density at radius 1 is 0.957 bits per heavy atom. The lowest BCUT2D eigenvalue weighted by atomic mass is 10.3. The van der Waals surface area contributed by atoms with Gasteiger partial charge >= 0.3 is 6.03 Å². The number of nitrogens with one attached hydrogen (secondary N) is 2. The average molecular weight is 352 g/mol. The number of anilines is 2.